The largest absolute Gasteiger partial charge is 0.463 e. The molecule has 0 bridgehead atoms. The van der Waals surface area contributed by atoms with Gasteiger partial charge >= 0.3 is 0 Å². The van der Waals surface area contributed by atoms with Gasteiger partial charge in [-0.25, -0.2) is 0 Å². The van der Waals surface area contributed by atoms with E-state index in [9.17, 15) is 4.79 Å². The summed E-state index contributed by atoms with van der Waals surface area (Å²) in [5, 5.41) is 0. The van der Waals surface area contributed by atoms with Gasteiger partial charge in [-0.1, -0.05) is 12.1 Å². The maximum absolute atomic E-state index is 9.81. The molecule has 0 aromatic heterocycles. The van der Waals surface area contributed by atoms with E-state index < -0.39 is 0 Å². The number of rotatable bonds is 3. The zero-order chi connectivity index (χ0) is 14.1. The highest BCUT2D eigenvalue weighted by Gasteiger charge is 1.90. The molecule has 0 unspecified atom stereocenters. The van der Waals surface area contributed by atoms with Crippen LogP contribution in [0.1, 0.15) is 5.56 Å². The topological polar surface area (TPSA) is 52.3 Å². The Morgan fingerprint density at radius 3 is 1.84 bits per heavy atom. The summed E-state index contributed by atoms with van der Waals surface area (Å²) in [5.41, 5.74) is 7.14. The lowest BCUT2D eigenvalue weighted by Gasteiger charge is -1.98. The average Bonchev–Trinajstić information content (AvgIpc) is 2.42. The Labute approximate surface area is 123 Å². The van der Waals surface area contributed by atoms with E-state index in [1.807, 2.05) is 48.5 Å². The van der Waals surface area contributed by atoms with Gasteiger partial charge in [-0.2, -0.15) is 0 Å². The molecular weight excluding hydrogens is 278 g/mol. The number of carbonyl (C=O) groups is 1. The highest BCUT2D eigenvalue weighted by atomic mass is 32.1. The minimum Gasteiger partial charge on any atom is -0.463 e. The lowest BCUT2D eigenvalue weighted by atomic mass is 10.2. The molecule has 0 saturated carbocycles. The van der Waals surface area contributed by atoms with Crippen molar-refractivity contribution in [3.63, 3.8) is 0 Å². The molecule has 0 saturated heterocycles. The van der Waals surface area contributed by atoms with E-state index in [1.54, 1.807) is 0 Å². The van der Waals surface area contributed by atoms with E-state index in [0.29, 0.717) is 13.1 Å². The summed E-state index contributed by atoms with van der Waals surface area (Å²) in [7, 11) is 0. The molecule has 0 aliphatic heterocycles. The Morgan fingerprint density at radius 2 is 1.42 bits per heavy atom. The number of anilines is 1. The van der Waals surface area contributed by atoms with E-state index in [0.717, 1.165) is 21.0 Å². The second-order valence-corrected chi connectivity index (χ2v) is 4.70. The lowest BCUT2D eigenvalue weighted by molar-refractivity contribution is -0.129. The fraction of sp³-hybridized carbons (Fsp3) is 0.0714. The molecule has 0 amide bonds. The van der Waals surface area contributed by atoms with Gasteiger partial charge in [-0.15, -0.1) is 25.3 Å². The van der Waals surface area contributed by atoms with Crippen molar-refractivity contribution in [2.24, 2.45) is 0 Å². The lowest BCUT2D eigenvalue weighted by Crippen LogP contribution is -1.88. The highest BCUT2D eigenvalue weighted by molar-refractivity contribution is 7.80. The Bertz CT molecular complexity index is 477. The first-order chi connectivity index (χ1) is 9.11. The van der Waals surface area contributed by atoms with Crippen LogP contribution in [0.4, 0.5) is 5.69 Å². The molecule has 0 heterocycles. The van der Waals surface area contributed by atoms with E-state index >= 15 is 0 Å². The van der Waals surface area contributed by atoms with Crippen molar-refractivity contribution in [1.82, 2.24) is 0 Å². The first-order valence-corrected chi connectivity index (χ1v) is 6.39. The minimum atomic E-state index is 0.331. The molecule has 100 valence electrons. The molecule has 0 radical (unpaired) electrons. The maximum atomic E-state index is 9.81. The van der Waals surface area contributed by atoms with Crippen LogP contribution in [0.5, 0.6) is 0 Å². The third kappa shape index (κ3) is 6.79. The molecule has 5 heteroatoms. The third-order valence-corrected chi connectivity index (χ3v) is 2.74. The first-order valence-electron chi connectivity index (χ1n) is 5.49. The van der Waals surface area contributed by atoms with Crippen LogP contribution in [0.3, 0.4) is 0 Å². The van der Waals surface area contributed by atoms with Gasteiger partial charge in [0.25, 0.3) is 6.47 Å². The van der Waals surface area contributed by atoms with Crippen LogP contribution in [0, 0.1) is 0 Å². The number of nitrogens with two attached hydrogens (primary N) is 1. The fourth-order valence-corrected chi connectivity index (χ4v) is 1.49. The van der Waals surface area contributed by atoms with Crippen molar-refractivity contribution in [2.45, 2.75) is 16.4 Å². The van der Waals surface area contributed by atoms with E-state index in [-0.39, 0.29) is 0 Å². The second kappa shape index (κ2) is 8.50. The quantitative estimate of drug-likeness (QED) is 0.463. The predicted octanol–water partition coefficient (Wildman–Crippen LogP) is 3.21. The summed E-state index contributed by atoms with van der Waals surface area (Å²) < 4.78 is 4.55. The molecule has 2 rings (SSSR count). The maximum Gasteiger partial charge on any atom is 0.293 e. The average molecular weight is 293 g/mol. The number of thiol groups is 2. The smallest absolute Gasteiger partial charge is 0.293 e. The molecule has 0 aliphatic carbocycles. The van der Waals surface area contributed by atoms with E-state index in [2.05, 4.69) is 30.0 Å². The highest BCUT2D eigenvalue weighted by Crippen LogP contribution is 2.08. The number of ether oxygens (including phenoxy) is 1. The fourth-order valence-electron chi connectivity index (χ4n) is 1.20. The molecule has 0 fully saturated rings. The minimum absolute atomic E-state index is 0.331. The second-order valence-electron chi connectivity index (χ2n) is 3.67. The Morgan fingerprint density at radius 1 is 0.947 bits per heavy atom. The van der Waals surface area contributed by atoms with Gasteiger partial charge in [0, 0.05) is 15.5 Å². The standard InChI is InChI=1S/C8H8O2S.C6H7NS/c9-6-10-5-7-1-3-8(11)4-2-7;7-5-1-3-6(8)4-2-5/h1-4,6,11H,5H2;1-4,8H,7H2. The number of hydrogen-bond donors (Lipinski definition) is 3. The molecule has 3 nitrogen and oxygen atoms in total. The van der Waals surface area contributed by atoms with Crippen LogP contribution in [0.2, 0.25) is 0 Å². The summed E-state index contributed by atoms with van der Waals surface area (Å²) in [4.78, 5) is 11.7. The van der Waals surface area contributed by atoms with Crippen LogP contribution in [0.25, 0.3) is 0 Å². The van der Waals surface area contributed by atoms with Crippen molar-refractivity contribution in [1.29, 1.82) is 0 Å². The van der Waals surface area contributed by atoms with Crippen LogP contribution >= 0.6 is 25.3 Å². The summed E-state index contributed by atoms with van der Waals surface area (Å²) >= 11 is 8.19. The summed E-state index contributed by atoms with van der Waals surface area (Å²) in [6, 6.07) is 14.8. The van der Waals surface area contributed by atoms with Crippen molar-refractivity contribution in [3.05, 3.63) is 54.1 Å². The van der Waals surface area contributed by atoms with Crippen molar-refractivity contribution in [2.75, 3.05) is 5.73 Å². The molecule has 2 N–H and O–H groups in total. The van der Waals surface area contributed by atoms with Crippen LogP contribution < -0.4 is 5.73 Å². The monoisotopic (exact) mass is 293 g/mol. The van der Waals surface area contributed by atoms with Gasteiger partial charge in [-0.05, 0) is 42.0 Å². The van der Waals surface area contributed by atoms with Gasteiger partial charge in [0.15, 0.2) is 0 Å². The van der Waals surface area contributed by atoms with E-state index in [1.165, 1.54) is 0 Å². The van der Waals surface area contributed by atoms with Gasteiger partial charge in [0.1, 0.15) is 6.61 Å². The Balaban J connectivity index is 0.000000200. The predicted molar refractivity (Wildman–Crippen MR) is 82.7 cm³/mol. The van der Waals surface area contributed by atoms with Gasteiger partial charge in [-0.3, -0.25) is 4.79 Å². The van der Waals surface area contributed by atoms with Gasteiger partial charge in [0.2, 0.25) is 0 Å². The Hall–Kier alpha value is -1.59. The summed E-state index contributed by atoms with van der Waals surface area (Å²) in [6.45, 7) is 0.770. The SMILES string of the molecule is Nc1ccc(S)cc1.O=COCc1ccc(S)cc1. The van der Waals surface area contributed by atoms with Crippen molar-refractivity contribution >= 4 is 37.4 Å². The van der Waals surface area contributed by atoms with Crippen molar-refractivity contribution < 1.29 is 9.53 Å². The number of nitrogen functional groups attached to an aromatic ring is 1. The first kappa shape index (κ1) is 15.5. The summed E-state index contributed by atoms with van der Waals surface area (Å²) in [6.07, 6.45) is 0. The molecule has 0 atom stereocenters. The molecule has 0 aliphatic rings. The summed E-state index contributed by atoms with van der Waals surface area (Å²) in [5.74, 6) is 0. The third-order valence-electron chi connectivity index (χ3n) is 2.15. The van der Waals surface area contributed by atoms with Crippen LogP contribution in [-0.2, 0) is 16.1 Å². The van der Waals surface area contributed by atoms with Crippen LogP contribution in [-0.4, -0.2) is 6.47 Å². The molecule has 19 heavy (non-hydrogen) atoms. The van der Waals surface area contributed by atoms with Crippen LogP contribution in [0.15, 0.2) is 58.3 Å². The zero-order valence-electron chi connectivity index (χ0n) is 10.2. The molecular formula is C14H15NO2S2. The number of carbonyl (C=O) groups excluding carboxylic acids is 1. The van der Waals surface area contributed by atoms with Crippen molar-refractivity contribution in [3.8, 4) is 0 Å². The normalized spacial score (nSPS) is 9.16. The number of hydrogen-bond acceptors (Lipinski definition) is 5. The van der Waals surface area contributed by atoms with E-state index in [4.69, 9.17) is 5.73 Å². The number of benzene rings is 2. The van der Waals surface area contributed by atoms with Gasteiger partial charge < -0.3 is 10.5 Å². The molecule has 0 spiro atoms. The molecule has 2 aromatic carbocycles. The Kier molecular flexibility index (Phi) is 6.92. The van der Waals surface area contributed by atoms with Gasteiger partial charge in [0.05, 0.1) is 0 Å². The molecule has 2 aromatic rings. The zero-order valence-corrected chi connectivity index (χ0v) is 12.0.